The van der Waals surface area contributed by atoms with E-state index in [4.69, 9.17) is 4.42 Å². The van der Waals surface area contributed by atoms with Gasteiger partial charge >= 0.3 is 0 Å². The molecule has 6 heteroatoms. The highest BCUT2D eigenvalue weighted by Crippen LogP contribution is 2.38. The molecule has 0 fully saturated rings. The number of anilines is 1. The van der Waals surface area contributed by atoms with Gasteiger partial charge in [0.05, 0.1) is 36.5 Å². The summed E-state index contributed by atoms with van der Waals surface area (Å²) >= 11 is 0. The fourth-order valence-corrected chi connectivity index (χ4v) is 3.49. The van der Waals surface area contributed by atoms with Crippen molar-refractivity contribution in [3.05, 3.63) is 83.6 Å². The van der Waals surface area contributed by atoms with Crippen LogP contribution in [0, 0.1) is 6.92 Å². The molecule has 3 heterocycles. The summed E-state index contributed by atoms with van der Waals surface area (Å²) in [6.07, 6.45) is 3.40. The molecular weight excluding hydrogens is 354 g/mol. The Morgan fingerprint density at radius 3 is 2.68 bits per heavy atom. The number of rotatable bonds is 5. The van der Waals surface area contributed by atoms with Crippen molar-refractivity contribution in [1.29, 1.82) is 0 Å². The molecule has 1 unspecified atom stereocenters. The summed E-state index contributed by atoms with van der Waals surface area (Å²) in [4.78, 5) is 33.6. The molecule has 0 aliphatic carbocycles. The minimum Gasteiger partial charge on any atom is -0.467 e. The number of carbonyl (C=O) groups excluding carboxylic acids is 2. The first-order valence-corrected chi connectivity index (χ1v) is 9.16. The van der Waals surface area contributed by atoms with Gasteiger partial charge < -0.3 is 9.32 Å². The molecule has 1 aliphatic heterocycles. The average Bonchev–Trinajstić information content (AvgIpc) is 3.30. The van der Waals surface area contributed by atoms with Crippen LogP contribution in [0.5, 0.6) is 0 Å². The topological polar surface area (TPSA) is 66.7 Å². The summed E-state index contributed by atoms with van der Waals surface area (Å²) in [6.45, 7) is 2.38. The van der Waals surface area contributed by atoms with Crippen molar-refractivity contribution in [1.82, 2.24) is 9.88 Å². The van der Waals surface area contributed by atoms with Gasteiger partial charge in [0.25, 0.3) is 5.91 Å². The van der Waals surface area contributed by atoms with Gasteiger partial charge in [-0.15, -0.1) is 0 Å². The number of hydrogen-bond acceptors (Lipinski definition) is 4. The van der Waals surface area contributed by atoms with Crippen molar-refractivity contribution in [2.45, 2.75) is 25.9 Å². The van der Waals surface area contributed by atoms with E-state index in [1.54, 1.807) is 47.5 Å². The highest BCUT2D eigenvalue weighted by molar-refractivity contribution is 6.11. The van der Waals surface area contributed by atoms with Crippen molar-refractivity contribution in [2.75, 3.05) is 11.9 Å². The van der Waals surface area contributed by atoms with Crippen LogP contribution in [0.1, 0.15) is 39.8 Å². The number of hydrogen-bond donors (Lipinski definition) is 0. The second-order valence-electron chi connectivity index (χ2n) is 7.00. The van der Waals surface area contributed by atoms with Crippen LogP contribution in [0.3, 0.4) is 0 Å². The van der Waals surface area contributed by atoms with Gasteiger partial charge in [0, 0.05) is 18.9 Å². The minimum atomic E-state index is -0.432. The highest BCUT2D eigenvalue weighted by Gasteiger charge is 2.40. The Balaban J connectivity index is 1.62. The van der Waals surface area contributed by atoms with Gasteiger partial charge in [0.2, 0.25) is 5.91 Å². The Hall–Kier alpha value is -3.41. The molecule has 6 nitrogen and oxygen atoms in total. The number of benzene rings is 1. The first-order chi connectivity index (χ1) is 13.5. The molecule has 142 valence electrons. The van der Waals surface area contributed by atoms with Gasteiger partial charge in [-0.05, 0) is 43.3 Å². The van der Waals surface area contributed by atoms with E-state index in [1.165, 1.54) is 0 Å². The lowest BCUT2D eigenvalue weighted by Crippen LogP contribution is -2.33. The van der Waals surface area contributed by atoms with Gasteiger partial charge in [-0.2, -0.15) is 0 Å². The van der Waals surface area contributed by atoms with Crippen LogP contribution < -0.4 is 4.90 Å². The monoisotopic (exact) mass is 375 g/mol. The molecular formula is C22H21N3O3. The van der Waals surface area contributed by atoms with Gasteiger partial charge in [0.15, 0.2) is 0 Å². The third-order valence-electron chi connectivity index (χ3n) is 4.99. The predicted molar refractivity (Wildman–Crippen MR) is 105 cm³/mol. The zero-order valence-corrected chi connectivity index (χ0v) is 15.8. The third-order valence-corrected chi connectivity index (χ3v) is 4.99. The number of amides is 2. The normalized spacial score (nSPS) is 15.6. The summed E-state index contributed by atoms with van der Waals surface area (Å²) in [7, 11) is 1.73. The Bertz CT molecular complexity index is 996. The molecule has 4 rings (SSSR count). The van der Waals surface area contributed by atoms with Gasteiger partial charge in [-0.3, -0.25) is 19.5 Å². The number of nitrogens with zero attached hydrogens (tertiary/aromatic N) is 3. The molecule has 1 aliphatic rings. The van der Waals surface area contributed by atoms with Crippen molar-refractivity contribution in [3.63, 3.8) is 0 Å². The van der Waals surface area contributed by atoms with E-state index in [0.717, 1.165) is 11.3 Å². The molecule has 1 atom stereocenters. The summed E-state index contributed by atoms with van der Waals surface area (Å²) in [5.41, 5.74) is 3.07. The molecule has 0 saturated heterocycles. The Kier molecular flexibility index (Phi) is 4.69. The van der Waals surface area contributed by atoms with E-state index in [2.05, 4.69) is 4.98 Å². The first kappa shape index (κ1) is 18.0. The number of carbonyl (C=O) groups is 2. The van der Waals surface area contributed by atoms with E-state index in [9.17, 15) is 9.59 Å². The Morgan fingerprint density at radius 1 is 1.18 bits per heavy atom. The first-order valence-electron chi connectivity index (χ1n) is 9.16. The number of aromatic nitrogens is 1. The minimum absolute atomic E-state index is 0.0789. The molecule has 0 radical (unpaired) electrons. The predicted octanol–water partition coefficient (Wildman–Crippen LogP) is 3.73. The largest absolute Gasteiger partial charge is 0.467 e. The lowest BCUT2D eigenvalue weighted by atomic mass is 10.1. The second kappa shape index (κ2) is 7.31. The maximum absolute atomic E-state index is 13.0. The Labute approximate surface area is 163 Å². The van der Waals surface area contributed by atoms with Crippen LogP contribution in [0.4, 0.5) is 5.69 Å². The molecule has 28 heavy (non-hydrogen) atoms. The molecule has 2 aromatic heterocycles. The van der Waals surface area contributed by atoms with E-state index in [-0.39, 0.29) is 18.2 Å². The van der Waals surface area contributed by atoms with Crippen molar-refractivity contribution in [2.24, 2.45) is 0 Å². The van der Waals surface area contributed by atoms with E-state index in [1.807, 2.05) is 37.3 Å². The van der Waals surface area contributed by atoms with Crippen LogP contribution in [-0.2, 0) is 11.3 Å². The van der Waals surface area contributed by atoms with Gasteiger partial charge in [-0.25, -0.2) is 0 Å². The smallest absolute Gasteiger partial charge is 0.260 e. The average molecular weight is 375 g/mol. The van der Waals surface area contributed by atoms with E-state index in [0.29, 0.717) is 23.6 Å². The van der Waals surface area contributed by atoms with Crippen LogP contribution in [-0.4, -0.2) is 28.7 Å². The highest BCUT2D eigenvalue weighted by atomic mass is 16.3. The van der Waals surface area contributed by atoms with Crippen LogP contribution in [0.25, 0.3) is 0 Å². The second-order valence-corrected chi connectivity index (χ2v) is 7.00. The van der Waals surface area contributed by atoms with E-state index < -0.39 is 6.04 Å². The number of fused-ring (bicyclic) bond motifs is 1. The fraction of sp³-hybridized carbons (Fsp3) is 0.227. The molecule has 0 bridgehead atoms. The van der Waals surface area contributed by atoms with Crippen molar-refractivity contribution >= 4 is 17.5 Å². The fourth-order valence-electron chi connectivity index (χ4n) is 3.49. The molecule has 0 spiro atoms. The van der Waals surface area contributed by atoms with Gasteiger partial charge in [0.1, 0.15) is 5.76 Å². The standard InChI is InChI=1S/C22H21N3O3/c1-15-7-9-16(10-8-15)25-19(21-18(22(25)27)6-3-11-23-21)13-20(26)24(2)14-17-5-4-12-28-17/h3-12,19H,13-14H2,1-2H3. The number of aryl methyl sites for hydroxylation is 1. The van der Waals surface area contributed by atoms with Crippen LogP contribution in [0.2, 0.25) is 0 Å². The van der Waals surface area contributed by atoms with Crippen molar-refractivity contribution < 1.29 is 14.0 Å². The zero-order valence-electron chi connectivity index (χ0n) is 15.8. The zero-order chi connectivity index (χ0) is 19.7. The van der Waals surface area contributed by atoms with E-state index >= 15 is 0 Å². The lowest BCUT2D eigenvalue weighted by molar-refractivity contribution is -0.131. The lowest BCUT2D eigenvalue weighted by Gasteiger charge is -2.26. The summed E-state index contributed by atoms with van der Waals surface area (Å²) in [5.74, 6) is 0.510. The van der Waals surface area contributed by atoms with Gasteiger partial charge in [-0.1, -0.05) is 17.7 Å². The molecule has 0 N–H and O–H groups in total. The molecule has 1 aromatic carbocycles. The number of pyridine rings is 1. The Morgan fingerprint density at radius 2 is 1.96 bits per heavy atom. The van der Waals surface area contributed by atoms with Crippen molar-refractivity contribution in [3.8, 4) is 0 Å². The third kappa shape index (κ3) is 3.29. The summed E-state index contributed by atoms with van der Waals surface area (Å²) in [5, 5.41) is 0. The van der Waals surface area contributed by atoms with Crippen LogP contribution in [0.15, 0.2) is 65.4 Å². The molecule has 2 amide bonds. The molecule has 3 aromatic rings. The quantitative estimate of drug-likeness (QED) is 0.681. The van der Waals surface area contributed by atoms with Crippen LogP contribution >= 0.6 is 0 Å². The summed E-state index contributed by atoms with van der Waals surface area (Å²) in [6, 6.07) is 14.4. The number of furan rings is 1. The maximum Gasteiger partial charge on any atom is 0.260 e. The molecule has 0 saturated carbocycles. The SMILES string of the molecule is Cc1ccc(N2C(=O)c3cccnc3C2CC(=O)N(C)Cc2ccco2)cc1. The summed E-state index contributed by atoms with van der Waals surface area (Å²) < 4.78 is 5.33. The maximum atomic E-state index is 13.0.